The van der Waals surface area contributed by atoms with E-state index in [1.54, 1.807) is 0 Å². The molecule has 0 saturated heterocycles. The lowest BCUT2D eigenvalue weighted by Crippen LogP contribution is -2.12. The number of carbonyl (C=O) groups is 1. The molecule has 4 rings (SSSR count). The highest BCUT2D eigenvalue weighted by molar-refractivity contribution is 6.05. The van der Waals surface area contributed by atoms with E-state index in [0.717, 1.165) is 29.9 Å². The van der Waals surface area contributed by atoms with Crippen molar-refractivity contribution < 1.29 is 4.79 Å². The fourth-order valence-electron chi connectivity index (χ4n) is 2.46. The molecule has 0 unspecified atom stereocenters. The molecule has 1 amide bonds. The monoisotopic (exact) mass is 309 g/mol. The standard InChI is InChI=1S/C15H15N7O/c1-9-13(8-16-18-9)15(23)17-11-4-2-3-10(7-11)14-19-20-21-22(14)12-5-6-12/h2-4,7-8,12H,5-6H2,1H3,(H,16,18)(H,17,23). The zero-order valence-corrected chi connectivity index (χ0v) is 12.5. The second-order valence-electron chi connectivity index (χ2n) is 5.62. The largest absolute Gasteiger partial charge is 0.322 e. The number of amides is 1. The van der Waals surface area contributed by atoms with E-state index in [9.17, 15) is 4.79 Å². The zero-order valence-electron chi connectivity index (χ0n) is 12.5. The topological polar surface area (TPSA) is 101 Å². The molecule has 0 radical (unpaired) electrons. The highest BCUT2D eigenvalue weighted by Gasteiger charge is 2.28. The van der Waals surface area contributed by atoms with Crippen LogP contribution in [0.2, 0.25) is 0 Å². The number of aromatic nitrogens is 6. The first-order chi connectivity index (χ1) is 11.2. The van der Waals surface area contributed by atoms with Crippen LogP contribution in [-0.2, 0) is 0 Å². The summed E-state index contributed by atoms with van der Waals surface area (Å²) in [6, 6.07) is 7.91. The van der Waals surface area contributed by atoms with Gasteiger partial charge in [0, 0.05) is 16.9 Å². The van der Waals surface area contributed by atoms with Crippen molar-refractivity contribution in [2.75, 3.05) is 5.32 Å². The van der Waals surface area contributed by atoms with Crippen LogP contribution in [0.15, 0.2) is 30.5 Å². The van der Waals surface area contributed by atoms with Gasteiger partial charge < -0.3 is 5.32 Å². The fourth-order valence-corrected chi connectivity index (χ4v) is 2.46. The van der Waals surface area contributed by atoms with Crippen molar-refractivity contribution in [3.8, 4) is 11.4 Å². The van der Waals surface area contributed by atoms with Crippen LogP contribution in [-0.4, -0.2) is 36.3 Å². The first-order valence-electron chi connectivity index (χ1n) is 7.42. The van der Waals surface area contributed by atoms with Gasteiger partial charge in [-0.1, -0.05) is 12.1 Å². The van der Waals surface area contributed by atoms with E-state index in [0.29, 0.717) is 17.3 Å². The summed E-state index contributed by atoms with van der Waals surface area (Å²) in [5.74, 6) is 0.526. The number of aryl methyl sites for hydroxylation is 1. The lowest BCUT2D eigenvalue weighted by atomic mass is 10.1. The molecular formula is C15H15N7O. The van der Waals surface area contributed by atoms with E-state index in [4.69, 9.17) is 0 Å². The Labute approximate surface area is 131 Å². The predicted octanol–water partition coefficient (Wildman–Crippen LogP) is 1.96. The molecule has 1 fully saturated rings. The normalized spacial score (nSPS) is 14.0. The third-order valence-corrected chi connectivity index (χ3v) is 3.84. The van der Waals surface area contributed by atoms with Crippen molar-refractivity contribution in [1.82, 2.24) is 30.4 Å². The summed E-state index contributed by atoms with van der Waals surface area (Å²) in [6.07, 6.45) is 3.73. The molecule has 3 aromatic rings. The summed E-state index contributed by atoms with van der Waals surface area (Å²) in [4.78, 5) is 12.3. The van der Waals surface area contributed by atoms with Crippen LogP contribution >= 0.6 is 0 Å². The Morgan fingerprint density at radius 2 is 2.26 bits per heavy atom. The Morgan fingerprint density at radius 1 is 1.39 bits per heavy atom. The molecule has 2 aromatic heterocycles. The summed E-state index contributed by atoms with van der Waals surface area (Å²) in [5, 5.41) is 21.4. The number of nitrogens with one attached hydrogen (secondary N) is 2. The quantitative estimate of drug-likeness (QED) is 0.767. The highest BCUT2D eigenvalue weighted by atomic mass is 16.1. The molecule has 2 heterocycles. The molecule has 116 valence electrons. The van der Waals surface area contributed by atoms with Gasteiger partial charge in [0.05, 0.1) is 17.8 Å². The van der Waals surface area contributed by atoms with Gasteiger partial charge in [0.2, 0.25) is 0 Å². The Bertz CT molecular complexity index is 862. The van der Waals surface area contributed by atoms with E-state index >= 15 is 0 Å². The first-order valence-corrected chi connectivity index (χ1v) is 7.42. The summed E-state index contributed by atoms with van der Waals surface area (Å²) in [7, 11) is 0. The van der Waals surface area contributed by atoms with Gasteiger partial charge in [-0.3, -0.25) is 9.89 Å². The lowest BCUT2D eigenvalue weighted by Gasteiger charge is -2.07. The molecule has 0 spiro atoms. The van der Waals surface area contributed by atoms with Crippen LogP contribution in [0, 0.1) is 6.92 Å². The molecule has 1 aliphatic rings. The predicted molar refractivity (Wildman–Crippen MR) is 82.8 cm³/mol. The fraction of sp³-hybridized carbons (Fsp3) is 0.267. The highest BCUT2D eigenvalue weighted by Crippen LogP contribution is 2.36. The summed E-state index contributed by atoms with van der Waals surface area (Å²) >= 11 is 0. The molecule has 23 heavy (non-hydrogen) atoms. The lowest BCUT2D eigenvalue weighted by molar-refractivity contribution is 0.102. The van der Waals surface area contributed by atoms with Crippen molar-refractivity contribution >= 4 is 11.6 Å². The Kier molecular flexibility index (Phi) is 3.14. The maximum atomic E-state index is 12.3. The SMILES string of the molecule is Cc1[nH]ncc1C(=O)Nc1cccc(-c2nnnn2C2CC2)c1. The Hall–Kier alpha value is -3.03. The molecule has 2 N–H and O–H groups in total. The number of nitrogens with zero attached hydrogens (tertiary/aromatic N) is 5. The minimum atomic E-state index is -0.199. The van der Waals surface area contributed by atoms with Gasteiger partial charge in [0.25, 0.3) is 5.91 Å². The maximum Gasteiger partial charge on any atom is 0.259 e. The van der Waals surface area contributed by atoms with Crippen LogP contribution < -0.4 is 5.32 Å². The van der Waals surface area contributed by atoms with Crippen LogP contribution in [0.5, 0.6) is 0 Å². The van der Waals surface area contributed by atoms with Gasteiger partial charge >= 0.3 is 0 Å². The van der Waals surface area contributed by atoms with Crippen molar-refractivity contribution in [3.63, 3.8) is 0 Å². The Morgan fingerprint density at radius 3 is 3.00 bits per heavy atom. The average Bonchev–Trinajstić information content (AvgIpc) is 3.11. The summed E-state index contributed by atoms with van der Waals surface area (Å²) in [6.45, 7) is 1.81. The van der Waals surface area contributed by atoms with Gasteiger partial charge in [0.1, 0.15) is 0 Å². The van der Waals surface area contributed by atoms with Gasteiger partial charge in [-0.15, -0.1) is 5.10 Å². The number of benzene rings is 1. The van der Waals surface area contributed by atoms with Crippen LogP contribution in [0.3, 0.4) is 0 Å². The molecule has 0 atom stereocenters. The summed E-state index contributed by atoms with van der Waals surface area (Å²) in [5.41, 5.74) is 2.83. The third kappa shape index (κ3) is 2.59. The van der Waals surface area contributed by atoms with Gasteiger partial charge in [-0.05, 0) is 42.3 Å². The molecule has 8 heteroatoms. The number of aromatic amines is 1. The molecule has 1 aliphatic carbocycles. The average molecular weight is 309 g/mol. The number of hydrogen-bond donors (Lipinski definition) is 2. The van der Waals surface area contributed by atoms with Crippen LogP contribution in [0.25, 0.3) is 11.4 Å². The second kappa shape index (κ2) is 5.31. The van der Waals surface area contributed by atoms with Crippen LogP contribution in [0.4, 0.5) is 5.69 Å². The Balaban J connectivity index is 1.60. The number of anilines is 1. The van der Waals surface area contributed by atoms with E-state index in [1.807, 2.05) is 35.9 Å². The third-order valence-electron chi connectivity index (χ3n) is 3.84. The number of hydrogen-bond acceptors (Lipinski definition) is 5. The van der Waals surface area contributed by atoms with Gasteiger partial charge in [-0.25, -0.2) is 4.68 Å². The minimum Gasteiger partial charge on any atom is -0.322 e. The van der Waals surface area contributed by atoms with Crippen molar-refractivity contribution in [2.24, 2.45) is 0 Å². The van der Waals surface area contributed by atoms with Gasteiger partial charge in [0.15, 0.2) is 5.82 Å². The number of tetrazole rings is 1. The van der Waals surface area contributed by atoms with Crippen molar-refractivity contribution in [2.45, 2.75) is 25.8 Å². The molecule has 1 saturated carbocycles. The van der Waals surface area contributed by atoms with Crippen LogP contribution in [0.1, 0.15) is 34.9 Å². The zero-order chi connectivity index (χ0) is 15.8. The van der Waals surface area contributed by atoms with E-state index in [1.165, 1.54) is 6.20 Å². The summed E-state index contributed by atoms with van der Waals surface area (Å²) < 4.78 is 1.85. The first kappa shape index (κ1) is 13.6. The number of rotatable bonds is 4. The van der Waals surface area contributed by atoms with E-state index < -0.39 is 0 Å². The molecule has 1 aromatic carbocycles. The molecule has 8 nitrogen and oxygen atoms in total. The van der Waals surface area contributed by atoms with Gasteiger partial charge in [-0.2, -0.15) is 5.10 Å². The minimum absolute atomic E-state index is 0.199. The van der Waals surface area contributed by atoms with E-state index in [-0.39, 0.29) is 5.91 Å². The molecule has 0 aliphatic heterocycles. The van der Waals surface area contributed by atoms with E-state index in [2.05, 4.69) is 31.0 Å². The smallest absolute Gasteiger partial charge is 0.259 e. The maximum absolute atomic E-state index is 12.3. The number of H-pyrrole nitrogens is 1. The molecule has 0 bridgehead atoms. The van der Waals surface area contributed by atoms with Crippen molar-refractivity contribution in [3.05, 3.63) is 41.7 Å². The second-order valence-corrected chi connectivity index (χ2v) is 5.62. The number of carbonyl (C=O) groups excluding carboxylic acids is 1. The molecular weight excluding hydrogens is 294 g/mol. The van der Waals surface area contributed by atoms with Crippen molar-refractivity contribution in [1.29, 1.82) is 0 Å².